The summed E-state index contributed by atoms with van der Waals surface area (Å²) in [6, 6.07) is 0. The van der Waals surface area contributed by atoms with Crippen molar-refractivity contribution in [3.8, 4) is 0 Å². The number of allylic oxidation sites excluding steroid dienone is 4. The summed E-state index contributed by atoms with van der Waals surface area (Å²) in [5, 5.41) is 19.2. The Hall–Kier alpha value is -0.930. The molecule has 4 aliphatic carbocycles. The molecule has 24 heavy (non-hydrogen) atoms. The van der Waals surface area contributed by atoms with E-state index in [0.717, 1.165) is 25.2 Å². The van der Waals surface area contributed by atoms with Gasteiger partial charge in [-0.3, -0.25) is 4.79 Å². The van der Waals surface area contributed by atoms with Gasteiger partial charge in [0.1, 0.15) is 0 Å². The fourth-order valence-corrected chi connectivity index (χ4v) is 6.43. The van der Waals surface area contributed by atoms with E-state index in [9.17, 15) is 15.0 Å². The van der Waals surface area contributed by atoms with E-state index in [1.54, 1.807) is 5.57 Å². The first kappa shape index (κ1) is 16.5. The number of hydrogen-bond donors (Lipinski definition) is 2. The van der Waals surface area contributed by atoms with Crippen molar-refractivity contribution in [1.29, 1.82) is 0 Å². The summed E-state index contributed by atoms with van der Waals surface area (Å²) in [5.41, 5.74) is 4.86. The molecule has 0 amide bonds. The predicted molar refractivity (Wildman–Crippen MR) is 93.3 cm³/mol. The van der Waals surface area contributed by atoms with Crippen LogP contribution in [0, 0.1) is 23.2 Å². The highest BCUT2D eigenvalue weighted by Gasteiger charge is 2.53. The van der Waals surface area contributed by atoms with Crippen LogP contribution >= 0.6 is 0 Å². The minimum Gasteiger partial charge on any atom is -0.394 e. The summed E-state index contributed by atoms with van der Waals surface area (Å²) in [4.78, 5) is 11.7. The van der Waals surface area contributed by atoms with Crippen LogP contribution in [0.1, 0.15) is 64.7 Å². The third kappa shape index (κ3) is 2.52. The topological polar surface area (TPSA) is 57.5 Å². The summed E-state index contributed by atoms with van der Waals surface area (Å²) >= 11 is 0. The molecule has 3 nitrogen and oxygen atoms in total. The number of carbonyl (C=O) groups is 1. The van der Waals surface area contributed by atoms with Crippen LogP contribution < -0.4 is 0 Å². The Labute approximate surface area is 144 Å². The highest BCUT2D eigenvalue weighted by Crippen LogP contribution is 2.62. The average molecular weight is 330 g/mol. The van der Waals surface area contributed by atoms with Gasteiger partial charge >= 0.3 is 0 Å². The lowest BCUT2D eigenvalue weighted by Crippen LogP contribution is -2.41. The minimum atomic E-state index is -0.560. The molecule has 2 N–H and O–H groups in total. The molecular weight excluding hydrogens is 300 g/mol. The molecule has 0 aromatic carbocycles. The maximum absolute atomic E-state index is 11.7. The normalized spacial score (nSPS) is 39.9. The fraction of sp³-hybridized carbons (Fsp3) is 0.762. The van der Waals surface area contributed by atoms with Gasteiger partial charge in [0.15, 0.2) is 5.78 Å². The summed E-state index contributed by atoms with van der Waals surface area (Å²) in [6.45, 7) is 2.33. The van der Waals surface area contributed by atoms with Crippen LogP contribution in [0.4, 0.5) is 0 Å². The average Bonchev–Trinajstić information content (AvgIpc) is 2.90. The summed E-state index contributed by atoms with van der Waals surface area (Å²) in [6.07, 6.45) is 10.9. The third-order valence-corrected chi connectivity index (χ3v) is 7.70. The van der Waals surface area contributed by atoms with Gasteiger partial charge in [-0.1, -0.05) is 12.5 Å². The van der Waals surface area contributed by atoms with Crippen molar-refractivity contribution in [2.24, 2.45) is 23.2 Å². The van der Waals surface area contributed by atoms with Crippen molar-refractivity contribution in [3.63, 3.8) is 0 Å². The second-order valence-electron chi connectivity index (χ2n) is 8.74. The van der Waals surface area contributed by atoms with Gasteiger partial charge in [-0.05, 0) is 91.8 Å². The van der Waals surface area contributed by atoms with Crippen molar-refractivity contribution in [2.75, 3.05) is 6.61 Å². The Bertz CT molecular complexity index is 602. The molecule has 4 aliphatic rings. The lowest BCUT2D eigenvalue weighted by atomic mass is 9.55. The van der Waals surface area contributed by atoms with E-state index >= 15 is 0 Å². The maximum Gasteiger partial charge on any atom is 0.156 e. The standard InChI is InChI=1S/C21H30O3/c1-21-9-8-18-17-6-4-15(23)10-13(17)2-5-19(18)20(21)7-3-14(21)11-16(24)12-22/h10,14,16,19-20,22,24H,2-9,11-12H2,1H3/t14?,16?,19-,20+,21-/m1/s1. The van der Waals surface area contributed by atoms with E-state index in [1.165, 1.54) is 43.3 Å². The van der Waals surface area contributed by atoms with Crippen LogP contribution in [0.3, 0.4) is 0 Å². The molecule has 5 atom stereocenters. The molecule has 0 heterocycles. The van der Waals surface area contributed by atoms with Gasteiger partial charge in [0.05, 0.1) is 12.7 Å². The molecular formula is C21H30O3. The Morgan fingerprint density at radius 3 is 2.83 bits per heavy atom. The zero-order valence-electron chi connectivity index (χ0n) is 14.8. The molecule has 0 aromatic rings. The Morgan fingerprint density at radius 1 is 1.21 bits per heavy atom. The third-order valence-electron chi connectivity index (χ3n) is 7.70. The second kappa shape index (κ2) is 6.10. The van der Waals surface area contributed by atoms with E-state index in [-0.39, 0.29) is 6.61 Å². The summed E-state index contributed by atoms with van der Waals surface area (Å²) in [7, 11) is 0. The first-order chi connectivity index (χ1) is 11.5. The largest absolute Gasteiger partial charge is 0.394 e. The summed E-state index contributed by atoms with van der Waals surface area (Å²) < 4.78 is 0. The quantitative estimate of drug-likeness (QED) is 0.832. The number of aliphatic hydroxyl groups excluding tert-OH is 2. The van der Waals surface area contributed by atoms with E-state index in [4.69, 9.17) is 0 Å². The highest BCUT2D eigenvalue weighted by atomic mass is 16.3. The maximum atomic E-state index is 11.7. The monoisotopic (exact) mass is 330 g/mol. The molecule has 4 rings (SSSR count). The number of hydrogen-bond acceptors (Lipinski definition) is 3. The van der Waals surface area contributed by atoms with Crippen molar-refractivity contribution in [2.45, 2.75) is 70.8 Å². The molecule has 2 unspecified atom stereocenters. The fourth-order valence-electron chi connectivity index (χ4n) is 6.43. The highest BCUT2D eigenvalue weighted by molar-refractivity contribution is 5.93. The lowest BCUT2D eigenvalue weighted by molar-refractivity contribution is -0.114. The van der Waals surface area contributed by atoms with Crippen molar-refractivity contribution < 1.29 is 15.0 Å². The number of carbonyl (C=O) groups excluding carboxylic acids is 1. The first-order valence-electron chi connectivity index (χ1n) is 9.77. The van der Waals surface area contributed by atoms with Crippen LogP contribution in [0.25, 0.3) is 0 Å². The van der Waals surface area contributed by atoms with Gasteiger partial charge in [-0.2, -0.15) is 0 Å². The van der Waals surface area contributed by atoms with Crippen LogP contribution in [-0.4, -0.2) is 28.7 Å². The van der Waals surface area contributed by atoms with Crippen LogP contribution in [0.15, 0.2) is 22.8 Å². The molecule has 0 saturated heterocycles. The van der Waals surface area contributed by atoms with Gasteiger partial charge in [0.25, 0.3) is 0 Å². The van der Waals surface area contributed by atoms with Crippen molar-refractivity contribution >= 4 is 5.78 Å². The predicted octanol–water partition coefficient (Wildman–Crippen LogP) is 3.55. The van der Waals surface area contributed by atoms with E-state index in [1.807, 2.05) is 6.08 Å². The first-order valence-corrected chi connectivity index (χ1v) is 9.77. The van der Waals surface area contributed by atoms with Gasteiger partial charge in [-0.25, -0.2) is 0 Å². The van der Waals surface area contributed by atoms with Crippen molar-refractivity contribution in [3.05, 3.63) is 22.8 Å². The minimum absolute atomic E-state index is 0.113. The van der Waals surface area contributed by atoms with Gasteiger partial charge in [-0.15, -0.1) is 0 Å². The number of rotatable bonds is 3. The molecule has 2 fully saturated rings. The Balaban J connectivity index is 1.61. The molecule has 2 saturated carbocycles. The molecule has 0 radical (unpaired) electrons. The van der Waals surface area contributed by atoms with Gasteiger partial charge < -0.3 is 10.2 Å². The number of aliphatic hydroxyl groups is 2. The van der Waals surface area contributed by atoms with Crippen LogP contribution in [0.5, 0.6) is 0 Å². The molecule has 3 heteroatoms. The van der Waals surface area contributed by atoms with Crippen molar-refractivity contribution in [1.82, 2.24) is 0 Å². The molecule has 132 valence electrons. The Morgan fingerprint density at radius 2 is 2.04 bits per heavy atom. The molecule has 0 bridgehead atoms. The zero-order chi connectivity index (χ0) is 16.9. The Kier molecular flexibility index (Phi) is 4.20. The summed E-state index contributed by atoms with van der Waals surface area (Å²) in [5.74, 6) is 2.28. The van der Waals surface area contributed by atoms with E-state index in [2.05, 4.69) is 6.92 Å². The van der Waals surface area contributed by atoms with Crippen LogP contribution in [-0.2, 0) is 4.79 Å². The SMILES string of the molecule is C[C@]12CCC3=C4CCC(=O)C=C4CC[C@H]3[C@@H]1CCC2CC(O)CO. The van der Waals surface area contributed by atoms with Crippen LogP contribution in [0.2, 0.25) is 0 Å². The lowest BCUT2D eigenvalue weighted by Gasteiger charge is -2.49. The second-order valence-corrected chi connectivity index (χ2v) is 8.74. The number of fused-ring (bicyclic) bond motifs is 4. The molecule has 0 aromatic heterocycles. The van der Waals surface area contributed by atoms with Gasteiger partial charge in [0.2, 0.25) is 0 Å². The molecule has 0 spiro atoms. The van der Waals surface area contributed by atoms with E-state index < -0.39 is 6.10 Å². The molecule has 0 aliphatic heterocycles. The van der Waals surface area contributed by atoms with E-state index in [0.29, 0.717) is 29.5 Å². The number of ketones is 1. The van der Waals surface area contributed by atoms with Gasteiger partial charge in [0, 0.05) is 6.42 Å². The smallest absolute Gasteiger partial charge is 0.156 e. The zero-order valence-corrected chi connectivity index (χ0v) is 14.8.